The number of para-hydroxylation sites is 3. The van der Waals surface area contributed by atoms with E-state index in [1.54, 1.807) is 115 Å². The van der Waals surface area contributed by atoms with Gasteiger partial charge in [-0.3, -0.25) is 72.4 Å². The number of anilines is 4. The summed E-state index contributed by atoms with van der Waals surface area (Å²) in [5.41, 5.74) is 16.7. The fraction of sp³-hybridized carbons (Fsp3) is 0.0412. The number of aromatic amines is 1. The topological polar surface area (TPSA) is 576 Å². The lowest BCUT2D eigenvalue weighted by molar-refractivity contribution is -0.384. The first-order chi connectivity index (χ1) is 65.7. The molecule has 0 radical (unpaired) electrons. The summed E-state index contributed by atoms with van der Waals surface area (Å²) in [5.74, 6) is -0.632. The van der Waals surface area contributed by atoms with Crippen LogP contribution in [0.15, 0.2) is 316 Å². The lowest BCUT2D eigenvalue weighted by Crippen LogP contribution is -2.21. The average Bonchev–Trinajstić information content (AvgIpc) is 1.42. The van der Waals surface area contributed by atoms with Gasteiger partial charge in [-0.05, 0) is 194 Å². The standard InChI is InChI=1S/C18H14N4O4S.C11H9NO2.C11H15NO2.C10H7NO3.C10H6O3.C9H7NO.C7H4Br2O2.C7H4Cl2O2.C7H5NO4.C7H7NO2/c23-12-13-4-5-15(11-17(13)24)21-20-14-6-8-16(9-7-14)27(25,26)22-18-3-1-2-10-19-18;13-8-9-7-10(3-4-11(9)14)12-5-1-2-6-12;1-3-12(4-2)10-6-5-9(8-13)11(14)7-10;11-10-7(5-12)9(13)6-3-1-2-4-8(6)14-10;11-5-7-6-13-9-4-2-1-3-8(9)10(7)12;11-6-7-5-10-9-4-2-1-3-8(7)9;2*8-5-1-4(3-10)7(11)6(9)2-5;9-4-5-3-6(8(11)12)1-2-7(5)10;8-6-2-1-5(4-9)7(10)3-6/h1-12,24H,(H,19,22);1-8,14H;5-8,14H,3-4H2,1-2H3;1-5H,11H2;1-6H;1-6,10H;2*1-3,11H;1-4,10H;1-4,10H,8H2. The molecule has 0 saturated heterocycles. The number of H-pyrrole nitrogens is 1. The molecule has 0 fully saturated rings. The number of nitrogen functional groups attached to an aromatic ring is 2. The second kappa shape index (κ2) is 53.3. The van der Waals surface area contributed by atoms with Crippen molar-refractivity contribution in [1.29, 1.82) is 0 Å². The summed E-state index contributed by atoms with van der Waals surface area (Å²) in [4.78, 5) is 146. The number of rotatable bonds is 20. The molecule has 5 heterocycles. The van der Waals surface area contributed by atoms with E-state index in [1.165, 1.54) is 85.3 Å². The van der Waals surface area contributed by atoms with Gasteiger partial charge in [0, 0.05) is 111 Å². The van der Waals surface area contributed by atoms with E-state index in [1.807, 2.05) is 73.3 Å². The summed E-state index contributed by atoms with van der Waals surface area (Å²) in [6.07, 6.45) is 13.8. The van der Waals surface area contributed by atoms with Crippen LogP contribution >= 0.6 is 55.1 Å². The van der Waals surface area contributed by atoms with Crippen molar-refractivity contribution >= 4 is 201 Å². The molecule has 40 heteroatoms. The van der Waals surface area contributed by atoms with E-state index in [0.717, 1.165) is 69.9 Å². The number of hydrogen-bond donors (Lipinski definition) is 11. The minimum Gasteiger partial charge on any atom is -0.507 e. The highest BCUT2D eigenvalue weighted by Crippen LogP contribution is 2.33. The van der Waals surface area contributed by atoms with E-state index in [0.29, 0.717) is 116 Å². The molecule has 0 spiro atoms. The fourth-order valence-electron chi connectivity index (χ4n) is 11.3. The maximum atomic E-state index is 12.3. The van der Waals surface area contributed by atoms with Crippen LogP contribution in [-0.4, -0.2) is 140 Å². The number of carbonyl (C=O) groups is 10. The Balaban J connectivity index is 0.000000211. The average molecular weight is 2050 g/mol. The van der Waals surface area contributed by atoms with Gasteiger partial charge in [-0.2, -0.15) is 10.2 Å². The van der Waals surface area contributed by atoms with Crippen molar-refractivity contribution < 1.29 is 106 Å². The number of aromatic hydroxyl groups is 7. The number of azo groups is 1. The number of nitrogens with two attached hydrogens (primary N) is 2. The molecule has 0 aliphatic rings. The summed E-state index contributed by atoms with van der Waals surface area (Å²) in [7, 11) is -3.76. The molecule has 0 amide bonds. The molecule has 0 atom stereocenters. The third-order valence-corrected chi connectivity index (χ3v) is 21.2. The lowest BCUT2D eigenvalue weighted by atomic mass is 10.2. The Morgan fingerprint density at radius 1 is 0.504 bits per heavy atom. The number of carbonyl (C=O) groups excluding carboxylic acids is 10. The number of nitro benzene ring substituents is 1. The molecule has 0 aliphatic heterocycles. The number of phenolic OH excluding ortho intramolecular Hbond substituents is 7. The van der Waals surface area contributed by atoms with Crippen LogP contribution in [0.1, 0.15) is 117 Å². The van der Waals surface area contributed by atoms with Crippen LogP contribution in [0.2, 0.25) is 10.0 Å². The van der Waals surface area contributed by atoms with Gasteiger partial charge in [0.2, 0.25) is 16.7 Å². The monoisotopic (exact) mass is 2040 g/mol. The van der Waals surface area contributed by atoms with Gasteiger partial charge < -0.3 is 70.5 Å². The maximum absolute atomic E-state index is 12.3. The van der Waals surface area contributed by atoms with Gasteiger partial charge in [-0.15, -0.1) is 0 Å². The predicted molar refractivity (Wildman–Crippen MR) is 523 cm³/mol. The number of aldehydes is 10. The zero-order chi connectivity index (χ0) is 100. The minimum atomic E-state index is -3.76. The fourth-order valence-corrected chi connectivity index (χ4v) is 14.0. The Hall–Kier alpha value is -17.2. The number of aromatic nitrogens is 3. The van der Waals surface area contributed by atoms with Crippen LogP contribution < -0.4 is 31.9 Å². The lowest BCUT2D eigenvalue weighted by Gasteiger charge is -2.21. The smallest absolute Gasteiger partial charge is 0.270 e. The number of fused-ring (bicyclic) bond motifs is 3. The van der Waals surface area contributed by atoms with Gasteiger partial charge >= 0.3 is 0 Å². The molecule has 0 bridgehead atoms. The zero-order valence-corrected chi connectivity index (χ0v) is 76.9. The van der Waals surface area contributed by atoms with E-state index in [2.05, 4.69) is 61.7 Å². The summed E-state index contributed by atoms with van der Waals surface area (Å²) < 4.78 is 40.4. The second-order valence-corrected chi connectivity index (χ2v) is 31.5. The Bertz CT molecular complexity index is 7210. The number of non-ortho nitro benzene ring substituents is 1. The minimum absolute atomic E-state index is 0.0101. The number of nitrogens with zero attached hydrogens (tertiary/aromatic N) is 6. The van der Waals surface area contributed by atoms with Crippen LogP contribution in [0.3, 0.4) is 0 Å². The highest BCUT2D eigenvalue weighted by molar-refractivity contribution is 9.11. The first kappa shape index (κ1) is 107. The van der Waals surface area contributed by atoms with Crippen LogP contribution in [0.25, 0.3) is 38.5 Å². The molecule has 35 nitrogen and oxygen atoms in total. The SMILES string of the molecule is CCN(CC)c1ccc(C=O)c(O)c1.Nc1ccc(C=O)c(O)c1.Nc1oc2ccccc2c(=O)c1C=O.O=Cc1c[nH]c2ccccc12.O=Cc1cc(-n2cccc2)ccc1O.O=Cc1cc(Br)cc(Br)c1O.O=Cc1cc(Cl)cc(Cl)c1O.O=Cc1cc([N+](=O)[O-])ccc1O.O=Cc1ccc(N=Nc2ccc(S(=O)(=O)Nc3ccccn3)cc2)cc1O.O=Cc1coc2ccccc2c1=O. The van der Waals surface area contributed by atoms with Crippen LogP contribution in [0.4, 0.5) is 40.1 Å². The van der Waals surface area contributed by atoms with Crippen LogP contribution in [-0.2, 0) is 10.0 Å². The first-order valence-electron chi connectivity index (χ1n) is 39.3. The molecule has 0 saturated carbocycles. The van der Waals surface area contributed by atoms with E-state index in [9.17, 15) is 96.5 Å². The highest BCUT2D eigenvalue weighted by atomic mass is 79.9. The number of hydrogen-bond acceptors (Lipinski definition) is 31. The quantitative estimate of drug-likeness (QED) is 0.0111. The van der Waals surface area contributed by atoms with Crippen molar-refractivity contribution in [3.05, 3.63) is 379 Å². The van der Waals surface area contributed by atoms with Crippen LogP contribution in [0.5, 0.6) is 40.2 Å². The van der Waals surface area contributed by atoms with Crippen molar-refractivity contribution in [3.63, 3.8) is 0 Å². The molecule has 13 N–H and O–H groups in total. The number of nitro groups is 1. The molecular weight excluding hydrogens is 1970 g/mol. The third-order valence-electron chi connectivity index (χ3n) is 18.2. The van der Waals surface area contributed by atoms with Crippen molar-refractivity contribution in [2.24, 2.45) is 10.2 Å². The van der Waals surface area contributed by atoms with Crippen molar-refractivity contribution in [2.45, 2.75) is 18.7 Å². The molecule has 5 aromatic heterocycles. The van der Waals surface area contributed by atoms with Gasteiger partial charge in [-0.1, -0.05) is 87.7 Å². The van der Waals surface area contributed by atoms with E-state index >= 15 is 0 Å². The van der Waals surface area contributed by atoms with Crippen LogP contribution in [0, 0.1) is 10.1 Å². The molecule has 700 valence electrons. The summed E-state index contributed by atoms with van der Waals surface area (Å²) >= 11 is 17.3. The molecule has 16 rings (SSSR count). The van der Waals surface area contributed by atoms with Gasteiger partial charge in [0.1, 0.15) is 69.1 Å². The van der Waals surface area contributed by atoms with Gasteiger partial charge in [0.05, 0.1) is 86.0 Å². The number of nitrogens with one attached hydrogen (secondary N) is 2. The van der Waals surface area contributed by atoms with E-state index in [-0.39, 0.29) is 117 Å². The van der Waals surface area contributed by atoms with Gasteiger partial charge in [0.25, 0.3) is 15.7 Å². The molecule has 137 heavy (non-hydrogen) atoms. The largest absolute Gasteiger partial charge is 0.507 e. The Labute approximate surface area is 803 Å². The zero-order valence-electron chi connectivity index (χ0n) is 71.4. The molecule has 0 aliphatic carbocycles. The molecular formula is C97H78Br2Cl2N10O25S. The van der Waals surface area contributed by atoms with Crippen molar-refractivity contribution in [1.82, 2.24) is 14.5 Å². The third kappa shape index (κ3) is 31.2. The van der Waals surface area contributed by atoms with Gasteiger partial charge in [-0.25, -0.2) is 13.4 Å². The number of pyridine rings is 1. The molecule has 16 aromatic rings. The summed E-state index contributed by atoms with van der Waals surface area (Å²) in [6, 6.07) is 63.5. The molecule has 11 aromatic carbocycles. The Morgan fingerprint density at radius 2 is 1.02 bits per heavy atom. The van der Waals surface area contributed by atoms with E-state index < -0.39 is 14.9 Å². The molecule has 0 unspecified atom stereocenters. The Kier molecular flexibility index (Phi) is 41.6. The highest BCUT2D eigenvalue weighted by Gasteiger charge is 2.17. The predicted octanol–water partition coefficient (Wildman–Crippen LogP) is 19.8. The number of benzene rings is 11. The number of phenols is 7. The van der Waals surface area contributed by atoms with Crippen molar-refractivity contribution in [3.8, 4) is 45.9 Å². The van der Waals surface area contributed by atoms with E-state index in [4.69, 9.17) is 58.8 Å². The number of halogens is 4. The normalized spacial score (nSPS) is 10.1. The van der Waals surface area contributed by atoms with Crippen molar-refractivity contribution in [2.75, 3.05) is 34.2 Å². The summed E-state index contributed by atoms with van der Waals surface area (Å²) in [5, 5.41) is 85.0. The summed E-state index contributed by atoms with van der Waals surface area (Å²) in [6.45, 7) is 5.87. The Morgan fingerprint density at radius 3 is 1.58 bits per heavy atom. The maximum Gasteiger partial charge on any atom is 0.270 e. The van der Waals surface area contributed by atoms with Gasteiger partial charge in [0.15, 0.2) is 62.9 Å². The first-order valence-corrected chi connectivity index (χ1v) is 43.2. The second-order valence-electron chi connectivity index (χ2n) is 27.2. The number of sulfonamides is 1.